The maximum absolute atomic E-state index is 10.9. The molecule has 3 nitrogen and oxygen atoms in total. The number of anilines is 1. The molecule has 0 spiro atoms. The number of hydrogen-bond donors (Lipinski definition) is 3. The third-order valence-electron chi connectivity index (χ3n) is 4.57. The first kappa shape index (κ1) is 15.1. The first-order chi connectivity index (χ1) is 10.8. The molecule has 0 radical (unpaired) electrons. The lowest BCUT2D eigenvalue weighted by molar-refractivity contribution is 0.0767. The molecule has 0 bridgehead atoms. The molecule has 0 amide bonds. The number of para-hydroxylation sites is 1. The molecule has 3 heteroatoms. The van der Waals surface area contributed by atoms with Gasteiger partial charge in [-0.05, 0) is 43.6 Å². The average Bonchev–Trinajstić information content (AvgIpc) is 2.57. The zero-order chi connectivity index (χ0) is 15.3. The molecule has 22 heavy (non-hydrogen) atoms. The van der Waals surface area contributed by atoms with Gasteiger partial charge < -0.3 is 15.7 Å². The zero-order valence-electron chi connectivity index (χ0n) is 12.8. The molecule has 3 rings (SSSR count). The number of rotatable bonds is 5. The molecule has 116 valence electrons. The Morgan fingerprint density at radius 1 is 0.955 bits per heavy atom. The van der Waals surface area contributed by atoms with Crippen molar-refractivity contribution in [2.45, 2.75) is 30.9 Å². The number of aliphatic hydroxyl groups excluding tert-OH is 1. The molecule has 1 aliphatic heterocycles. The van der Waals surface area contributed by atoms with Crippen molar-refractivity contribution in [2.24, 2.45) is 0 Å². The third kappa shape index (κ3) is 3.49. The van der Waals surface area contributed by atoms with Gasteiger partial charge in [-0.15, -0.1) is 0 Å². The van der Waals surface area contributed by atoms with Gasteiger partial charge in [0.1, 0.15) is 0 Å². The summed E-state index contributed by atoms with van der Waals surface area (Å²) >= 11 is 0. The van der Waals surface area contributed by atoms with E-state index in [4.69, 9.17) is 0 Å². The molecule has 1 aliphatic rings. The van der Waals surface area contributed by atoms with Gasteiger partial charge in [0.15, 0.2) is 0 Å². The Bertz CT molecular complexity index is 565. The fraction of sp³-hybridized carbons (Fsp3) is 0.368. The van der Waals surface area contributed by atoms with Crippen LogP contribution in [0.3, 0.4) is 0 Å². The Kier molecular flexibility index (Phi) is 4.76. The second-order valence-electron chi connectivity index (χ2n) is 6.10. The van der Waals surface area contributed by atoms with Gasteiger partial charge >= 0.3 is 0 Å². The van der Waals surface area contributed by atoms with Crippen molar-refractivity contribution in [2.75, 3.05) is 18.4 Å². The average molecular weight is 296 g/mol. The second-order valence-corrected chi connectivity index (χ2v) is 6.10. The summed E-state index contributed by atoms with van der Waals surface area (Å²) in [6.45, 7) is 1.87. The summed E-state index contributed by atoms with van der Waals surface area (Å²) in [4.78, 5) is 0. The Balaban J connectivity index is 1.79. The third-order valence-corrected chi connectivity index (χ3v) is 4.57. The predicted molar refractivity (Wildman–Crippen MR) is 91.1 cm³/mol. The van der Waals surface area contributed by atoms with Gasteiger partial charge in [-0.1, -0.05) is 48.5 Å². The van der Waals surface area contributed by atoms with Gasteiger partial charge in [0.25, 0.3) is 0 Å². The van der Waals surface area contributed by atoms with Crippen molar-refractivity contribution < 1.29 is 5.11 Å². The van der Waals surface area contributed by atoms with Crippen molar-refractivity contribution in [3.05, 3.63) is 66.2 Å². The van der Waals surface area contributed by atoms with E-state index in [1.165, 1.54) is 5.56 Å². The molecule has 1 fully saturated rings. The number of aliphatic hydroxyl groups is 1. The first-order valence-electron chi connectivity index (χ1n) is 8.04. The topological polar surface area (TPSA) is 44.3 Å². The highest BCUT2D eigenvalue weighted by atomic mass is 16.3. The largest absolute Gasteiger partial charge is 0.390 e. The summed E-state index contributed by atoms with van der Waals surface area (Å²) in [5.41, 5.74) is 2.00. The molecule has 3 N–H and O–H groups in total. The van der Waals surface area contributed by atoms with E-state index in [2.05, 4.69) is 34.9 Å². The van der Waals surface area contributed by atoms with Crippen molar-refractivity contribution >= 4 is 5.69 Å². The van der Waals surface area contributed by atoms with Crippen LogP contribution in [-0.2, 0) is 6.42 Å². The number of piperidine rings is 1. The maximum Gasteiger partial charge on any atom is 0.0810 e. The Morgan fingerprint density at radius 2 is 1.55 bits per heavy atom. The van der Waals surface area contributed by atoms with Crippen LogP contribution in [0.2, 0.25) is 0 Å². The Morgan fingerprint density at radius 3 is 2.18 bits per heavy atom. The zero-order valence-corrected chi connectivity index (χ0v) is 12.8. The van der Waals surface area contributed by atoms with Crippen LogP contribution in [-0.4, -0.2) is 29.8 Å². The highest BCUT2D eigenvalue weighted by Crippen LogP contribution is 2.29. The quantitative estimate of drug-likeness (QED) is 0.795. The molecule has 1 unspecified atom stereocenters. The summed E-state index contributed by atoms with van der Waals surface area (Å²) in [6, 6.07) is 20.4. The lowest BCUT2D eigenvalue weighted by Gasteiger charge is -2.43. The van der Waals surface area contributed by atoms with Crippen LogP contribution in [0.15, 0.2) is 60.7 Å². The molecule has 0 aromatic heterocycles. The molecule has 0 aliphatic carbocycles. The van der Waals surface area contributed by atoms with Crippen LogP contribution < -0.4 is 10.6 Å². The molecule has 2 aromatic carbocycles. The number of hydrogen-bond acceptors (Lipinski definition) is 3. The van der Waals surface area contributed by atoms with Crippen LogP contribution in [0.4, 0.5) is 5.69 Å². The smallest absolute Gasteiger partial charge is 0.0810 e. The van der Waals surface area contributed by atoms with E-state index < -0.39 is 6.10 Å². The van der Waals surface area contributed by atoms with Crippen LogP contribution >= 0.6 is 0 Å². The molecular formula is C19H24N2O. The molecule has 0 saturated carbocycles. The number of nitrogens with one attached hydrogen (secondary N) is 2. The van der Waals surface area contributed by atoms with E-state index in [0.717, 1.165) is 31.6 Å². The summed E-state index contributed by atoms with van der Waals surface area (Å²) in [5.74, 6) is 0. The van der Waals surface area contributed by atoms with Gasteiger partial charge in [-0.3, -0.25) is 0 Å². The van der Waals surface area contributed by atoms with E-state index >= 15 is 0 Å². The Labute approximate surface area is 132 Å². The molecule has 2 aromatic rings. The van der Waals surface area contributed by atoms with Gasteiger partial charge in [0.05, 0.1) is 11.6 Å². The molecular weight excluding hydrogens is 272 g/mol. The summed E-state index contributed by atoms with van der Waals surface area (Å²) in [6.07, 6.45) is 2.13. The number of benzene rings is 2. The summed E-state index contributed by atoms with van der Waals surface area (Å²) < 4.78 is 0. The highest BCUT2D eigenvalue weighted by molar-refractivity contribution is 5.46. The minimum atomic E-state index is -0.405. The van der Waals surface area contributed by atoms with Crippen LogP contribution in [0.25, 0.3) is 0 Å². The summed E-state index contributed by atoms with van der Waals surface area (Å²) in [5, 5.41) is 18.0. The van der Waals surface area contributed by atoms with E-state index in [9.17, 15) is 5.11 Å². The van der Waals surface area contributed by atoms with Gasteiger partial charge in [0, 0.05) is 12.1 Å². The van der Waals surface area contributed by atoms with E-state index in [-0.39, 0.29) is 5.54 Å². The minimum absolute atomic E-state index is 0.261. The predicted octanol–water partition coefficient (Wildman–Crippen LogP) is 2.82. The van der Waals surface area contributed by atoms with Crippen LogP contribution in [0.5, 0.6) is 0 Å². The van der Waals surface area contributed by atoms with E-state index in [1.807, 2.05) is 36.4 Å². The molecule has 1 atom stereocenters. The van der Waals surface area contributed by atoms with Crippen molar-refractivity contribution in [1.82, 2.24) is 5.32 Å². The van der Waals surface area contributed by atoms with E-state index in [0.29, 0.717) is 6.42 Å². The van der Waals surface area contributed by atoms with Gasteiger partial charge in [0.2, 0.25) is 0 Å². The van der Waals surface area contributed by atoms with Gasteiger partial charge in [-0.2, -0.15) is 0 Å². The fourth-order valence-corrected chi connectivity index (χ4v) is 3.26. The highest BCUT2D eigenvalue weighted by Gasteiger charge is 2.38. The lowest BCUT2D eigenvalue weighted by atomic mass is 9.80. The molecule has 1 heterocycles. The van der Waals surface area contributed by atoms with E-state index in [1.54, 1.807) is 0 Å². The second kappa shape index (κ2) is 6.95. The first-order valence-corrected chi connectivity index (χ1v) is 8.04. The van der Waals surface area contributed by atoms with Crippen molar-refractivity contribution in [3.63, 3.8) is 0 Å². The SMILES string of the molecule is OC(Cc1ccccc1)C1(Nc2ccccc2)CCNCC1. The van der Waals surface area contributed by atoms with Gasteiger partial charge in [-0.25, -0.2) is 0 Å². The summed E-state index contributed by atoms with van der Waals surface area (Å²) in [7, 11) is 0. The normalized spacial score (nSPS) is 18.6. The lowest BCUT2D eigenvalue weighted by Crippen LogP contribution is -2.56. The molecule has 1 saturated heterocycles. The monoisotopic (exact) mass is 296 g/mol. The minimum Gasteiger partial charge on any atom is -0.390 e. The van der Waals surface area contributed by atoms with Crippen LogP contribution in [0, 0.1) is 0 Å². The fourth-order valence-electron chi connectivity index (χ4n) is 3.26. The van der Waals surface area contributed by atoms with Crippen molar-refractivity contribution in [3.8, 4) is 0 Å². The standard InChI is InChI=1S/C19H24N2O/c22-18(15-16-7-3-1-4-8-16)19(11-13-20-14-12-19)21-17-9-5-2-6-10-17/h1-10,18,20-22H,11-15H2. The van der Waals surface area contributed by atoms with Crippen LogP contribution in [0.1, 0.15) is 18.4 Å². The Hall–Kier alpha value is -1.84. The van der Waals surface area contributed by atoms with Crippen molar-refractivity contribution in [1.29, 1.82) is 0 Å². The maximum atomic E-state index is 10.9.